The molecule has 0 fully saturated rings. The molecule has 0 radical (unpaired) electrons. The third kappa shape index (κ3) is 2.60. The third-order valence-corrected chi connectivity index (χ3v) is 3.73. The van der Waals surface area contributed by atoms with Crippen molar-refractivity contribution in [3.63, 3.8) is 0 Å². The van der Waals surface area contributed by atoms with Gasteiger partial charge in [-0.1, -0.05) is 31.5 Å². The second-order valence-electron chi connectivity index (χ2n) is 5.38. The van der Waals surface area contributed by atoms with Crippen molar-refractivity contribution in [1.29, 1.82) is 0 Å². The van der Waals surface area contributed by atoms with Gasteiger partial charge in [0.2, 0.25) is 0 Å². The van der Waals surface area contributed by atoms with E-state index in [1.165, 1.54) is 0 Å². The molecule has 0 saturated carbocycles. The van der Waals surface area contributed by atoms with E-state index in [2.05, 4.69) is 6.92 Å². The van der Waals surface area contributed by atoms with Crippen molar-refractivity contribution in [2.24, 2.45) is 0 Å². The van der Waals surface area contributed by atoms with Crippen LogP contribution >= 0.6 is 0 Å². The molecule has 0 unspecified atom stereocenters. The molecule has 1 aromatic heterocycles. The van der Waals surface area contributed by atoms with Gasteiger partial charge in [0.15, 0.2) is 0 Å². The molecule has 0 saturated heterocycles. The van der Waals surface area contributed by atoms with Crippen molar-refractivity contribution in [1.82, 2.24) is 9.55 Å². The monoisotopic (exact) mass is 293 g/mol. The van der Waals surface area contributed by atoms with Gasteiger partial charge in [-0.05, 0) is 36.8 Å². The number of nitrogens with zero attached hydrogens (tertiary/aromatic N) is 2. The van der Waals surface area contributed by atoms with Crippen LogP contribution in [0.3, 0.4) is 0 Å². The van der Waals surface area contributed by atoms with Crippen molar-refractivity contribution in [3.8, 4) is 5.69 Å². The quantitative estimate of drug-likeness (QED) is 0.751. The van der Waals surface area contributed by atoms with Gasteiger partial charge >= 0.3 is 0 Å². The molecule has 4 heteroatoms. The van der Waals surface area contributed by atoms with E-state index in [1.807, 2.05) is 36.4 Å². The summed E-state index contributed by atoms with van der Waals surface area (Å²) in [4.78, 5) is 17.6. The molecular formula is C18H19N3O. The largest absolute Gasteiger partial charge is 0.399 e. The molecule has 2 aromatic carbocycles. The Kier molecular flexibility index (Phi) is 3.92. The number of nitrogen functional groups attached to an aromatic ring is 1. The predicted octanol–water partition coefficient (Wildman–Crippen LogP) is 3.31. The number of unbranched alkanes of at least 4 members (excludes halogenated alkanes) is 1. The summed E-state index contributed by atoms with van der Waals surface area (Å²) in [6.45, 7) is 2.13. The van der Waals surface area contributed by atoms with E-state index in [-0.39, 0.29) is 5.56 Å². The molecular weight excluding hydrogens is 274 g/mol. The molecule has 112 valence electrons. The molecule has 0 spiro atoms. The highest BCUT2D eigenvalue weighted by Gasteiger charge is 2.12. The van der Waals surface area contributed by atoms with Crippen LogP contribution in [0.5, 0.6) is 0 Å². The van der Waals surface area contributed by atoms with Crippen LogP contribution in [0.1, 0.15) is 25.6 Å². The van der Waals surface area contributed by atoms with Crippen LogP contribution in [-0.4, -0.2) is 9.55 Å². The number of anilines is 1. The summed E-state index contributed by atoms with van der Waals surface area (Å²) in [6, 6.07) is 14.9. The Morgan fingerprint density at radius 2 is 1.91 bits per heavy atom. The zero-order valence-electron chi connectivity index (χ0n) is 12.6. The van der Waals surface area contributed by atoms with Gasteiger partial charge in [-0.2, -0.15) is 0 Å². The molecule has 0 amide bonds. The molecule has 0 aliphatic rings. The zero-order chi connectivity index (χ0) is 15.5. The van der Waals surface area contributed by atoms with Crippen LogP contribution < -0.4 is 11.3 Å². The Bertz CT molecular complexity index is 853. The van der Waals surface area contributed by atoms with Crippen LogP contribution in [0.4, 0.5) is 5.69 Å². The van der Waals surface area contributed by atoms with E-state index in [1.54, 1.807) is 16.7 Å². The van der Waals surface area contributed by atoms with Crippen LogP contribution in [0, 0.1) is 0 Å². The Hall–Kier alpha value is -2.62. The van der Waals surface area contributed by atoms with E-state index >= 15 is 0 Å². The van der Waals surface area contributed by atoms with E-state index in [9.17, 15) is 4.79 Å². The smallest absolute Gasteiger partial charge is 0.266 e. The standard InChI is InChI=1S/C18H19N3O/c1-2-3-9-17-20-16-11-10-13(19)12-15(16)18(22)21(17)14-7-5-4-6-8-14/h4-8,10-12H,2-3,9,19H2,1H3. The Labute approximate surface area is 129 Å². The fourth-order valence-corrected chi connectivity index (χ4v) is 2.60. The molecule has 0 aliphatic carbocycles. The fraction of sp³-hybridized carbons (Fsp3) is 0.222. The lowest BCUT2D eigenvalue weighted by Gasteiger charge is -2.13. The van der Waals surface area contributed by atoms with Gasteiger partial charge in [-0.25, -0.2) is 4.98 Å². The first kappa shape index (κ1) is 14.3. The summed E-state index contributed by atoms with van der Waals surface area (Å²) in [7, 11) is 0. The first-order valence-corrected chi connectivity index (χ1v) is 7.57. The molecule has 0 aliphatic heterocycles. The summed E-state index contributed by atoms with van der Waals surface area (Å²) >= 11 is 0. The van der Waals surface area contributed by atoms with Crippen molar-refractivity contribution in [3.05, 3.63) is 64.7 Å². The highest BCUT2D eigenvalue weighted by molar-refractivity contribution is 5.81. The summed E-state index contributed by atoms with van der Waals surface area (Å²) in [5, 5.41) is 0.559. The highest BCUT2D eigenvalue weighted by Crippen LogP contribution is 2.16. The molecule has 3 aromatic rings. The van der Waals surface area contributed by atoms with E-state index in [4.69, 9.17) is 10.7 Å². The van der Waals surface area contributed by atoms with E-state index in [0.717, 1.165) is 30.8 Å². The molecule has 0 atom stereocenters. The number of fused-ring (bicyclic) bond motifs is 1. The minimum absolute atomic E-state index is 0.0606. The Balaban J connectivity index is 2.30. The number of benzene rings is 2. The van der Waals surface area contributed by atoms with Crippen LogP contribution in [0.15, 0.2) is 53.3 Å². The number of para-hydroxylation sites is 1. The number of hydrogen-bond acceptors (Lipinski definition) is 3. The molecule has 1 heterocycles. The normalized spacial score (nSPS) is 11.0. The lowest BCUT2D eigenvalue weighted by molar-refractivity contribution is 0.720. The van der Waals surface area contributed by atoms with Crippen molar-refractivity contribution in [2.75, 3.05) is 5.73 Å². The highest BCUT2D eigenvalue weighted by atomic mass is 16.1. The topological polar surface area (TPSA) is 60.9 Å². The average Bonchev–Trinajstić information content (AvgIpc) is 2.54. The van der Waals surface area contributed by atoms with Crippen molar-refractivity contribution >= 4 is 16.6 Å². The number of aryl methyl sites for hydroxylation is 1. The summed E-state index contributed by atoms with van der Waals surface area (Å²) in [5.74, 6) is 0.801. The maximum Gasteiger partial charge on any atom is 0.266 e. The zero-order valence-corrected chi connectivity index (χ0v) is 12.6. The lowest BCUT2D eigenvalue weighted by atomic mass is 10.2. The second kappa shape index (κ2) is 6.02. The van der Waals surface area contributed by atoms with E-state index < -0.39 is 0 Å². The summed E-state index contributed by atoms with van der Waals surface area (Å²) in [6.07, 6.45) is 2.84. The van der Waals surface area contributed by atoms with Gasteiger partial charge in [0.05, 0.1) is 16.6 Å². The van der Waals surface area contributed by atoms with Gasteiger partial charge in [0.25, 0.3) is 5.56 Å². The minimum Gasteiger partial charge on any atom is -0.399 e. The van der Waals surface area contributed by atoms with Gasteiger partial charge in [0.1, 0.15) is 5.82 Å². The van der Waals surface area contributed by atoms with E-state index in [0.29, 0.717) is 16.6 Å². The van der Waals surface area contributed by atoms with Crippen LogP contribution in [0.2, 0.25) is 0 Å². The number of rotatable bonds is 4. The minimum atomic E-state index is -0.0606. The summed E-state index contributed by atoms with van der Waals surface area (Å²) in [5.41, 5.74) is 7.89. The SMILES string of the molecule is CCCCc1nc2ccc(N)cc2c(=O)n1-c1ccccc1. The lowest BCUT2D eigenvalue weighted by Crippen LogP contribution is -2.24. The maximum absolute atomic E-state index is 12.9. The number of hydrogen-bond donors (Lipinski definition) is 1. The van der Waals surface area contributed by atoms with Gasteiger partial charge in [-0.15, -0.1) is 0 Å². The summed E-state index contributed by atoms with van der Waals surface area (Å²) < 4.78 is 1.71. The predicted molar refractivity (Wildman–Crippen MR) is 90.4 cm³/mol. The first-order chi connectivity index (χ1) is 10.7. The molecule has 3 rings (SSSR count). The number of nitrogens with two attached hydrogens (primary N) is 1. The first-order valence-electron chi connectivity index (χ1n) is 7.57. The second-order valence-corrected chi connectivity index (χ2v) is 5.38. The molecule has 4 nitrogen and oxygen atoms in total. The van der Waals surface area contributed by atoms with Crippen LogP contribution in [-0.2, 0) is 6.42 Å². The van der Waals surface area contributed by atoms with Gasteiger partial charge < -0.3 is 5.73 Å². The van der Waals surface area contributed by atoms with Gasteiger partial charge in [-0.3, -0.25) is 9.36 Å². The fourth-order valence-electron chi connectivity index (χ4n) is 2.60. The van der Waals surface area contributed by atoms with Gasteiger partial charge in [0, 0.05) is 12.1 Å². The van der Waals surface area contributed by atoms with Crippen LogP contribution in [0.25, 0.3) is 16.6 Å². The van der Waals surface area contributed by atoms with Crippen molar-refractivity contribution in [2.45, 2.75) is 26.2 Å². The number of aromatic nitrogens is 2. The maximum atomic E-state index is 12.9. The molecule has 22 heavy (non-hydrogen) atoms. The Morgan fingerprint density at radius 1 is 1.14 bits per heavy atom. The molecule has 2 N–H and O–H groups in total. The Morgan fingerprint density at radius 3 is 2.64 bits per heavy atom. The third-order valence-electron chi connectivity index (χ3n) is 3.73. The average molecular weight is 293 g/mol. The van der Waals surface area contributed by atoms with Crippen molar-refractivity contribution < 1.29 is 0 Å². The molecule has 0 bridgehead atoms.